The Labute approximate surface area is 125 Å². The number of ether oxygens (including phenoxy) is 2. The summed E-state index contributed by atoms with van der Waals surface area (Å²) in [5.41, 5.74) is 0. The molecule has 2 aromatic rings. The van der Waals surface area contributed by atoms with Gasteiger partial charge in [-0.05, 0) is 25.0 Å². The van der Waals surface area contributed by atoms with E-state index in [1.165, 1.54) is 12.8 Å². The first-order chi connectivity index (χ1) is 9.86. The lowest BCUT2D eigenvalue weighted by molar-refractivity contribution is 0.308. The van der Waals surface area contributed by atoms with Crippen LogP contribution in [0.3, 0.4) is 0 Å². The van der Waals surface area contributed by atoms with Gasteiger partial charge < -0.3 is 9.47 Å². The summed E-state index contributed by atoms with van der Waals surface area (Å²) in [7, 11) is 1.69. The molecule has 2 aromatic carbocycles. The molecular formula is C17H21ClO2. The third-order valence-electron chi connectivity index (χ3n) is 3.35. The number of hydrogen-bond donors (Lipinski definition) is 0. The van der Waals surface area contributed by atoms with Crippen LogP contribution in [0.1, 0.15) is 25.7 Å². The number of benzene rings is 2. The van der Waals surface area contributed by atoms with E-state index in [0.29, 0.717) is 0 Å². The van der Waals surface area contributed by atoms with E-state index in [2.05, 4.69) is 12.1 Å². The highest BCUT2D eigenvalue weighted by molar-refractivity contribution is 6.17. The second-order valence-electron chi connectivity index (χ2n) is 4.76. The van der Waals surface area contributed by atoms with Gasteiger partial charge in [0.25, 0.3) is 0 Å². The number of rotatable bonds is 8. The second-order valence-corrected chi connectivity index (χ2v) is 5.14. The second kappa shape index (κ2) is 8.01. The summed E-state index contributed by atoms with van der Waals surface area (Å²) in [4.78, 5) is 0. The van der Waals surface area contributed by atoms with Gasteiger partial charge in [0, 0.05) is 16.7 Å². The van der Waals surface area contributed by atoms with Crippen LogP contribution in [-0.4, -0.2) is 19.6 Å². The van der Waals surface area contributed by atoms with Gasteiger partial charge in [-0.25, -0.2) is 0 Å². The standard InChI is InChI=1S/C17H21ClO2/c1-19-16-10-11-17(15-9-5-4-8-14(15)16)20-13-7-3-2-6-12-18/h4-5,8-11H,2-3,6-7,12-13H2,1H3. The topological polar surface area (TPSA) is 18.5 Å². The first-order valence-electron chi connectivity index (χ1n) is 7.11. The Balaban J connectivity index is 2.00. The minimum atomic E-state index is 0.749. The summed E-state index contributed by atoms with van der Waals surface area (Å²) in [5, 5.41) is 2.20. The number of methoxy groups -OCH3 is 1. The van der Waals surface area contributed by atoms with Crippen molar-refractivity contribution in [1.29, 1.82) is 0 Å². The molecule has 2 nitrogen and oxygen atoms in total. The van der Waals surface area contributed by atoms with E-state index in [0.717, 1.165) is 47.6 Å². The van der Waals surface area contributed by atoms with E-state index in [4.69, 9.17) is 21.1 Å². The van der Waals surface area contributed by atoms with Gasteiger partial charge in [-0.2, -0.15) is 0 Å². The first-order valence-corrected chi connectivity index (χ1v) is 7.64. The number of hydrogen-bond acceptors (Lipinski definition) is 2. The average Bonchev–Trinajstić information content (AvgIpc) is 2.50. The lowest BCUT2D eigenvalue weighted by Gasteiger charge is -2.11. The van der Waals surface area contributed by atoms with E-state index >= 15 is 0 Å². The monoisotopic (exact) mass is 292 g/mol. The van der Waals surface area contributed by atoms with Crippen molar-refractivity contribution in [2.45, 2.75) is 25.7 Å². The molecule has 0 amide bonds. The molecule has 0 fully saturated rings. The van der Waals surface area contributed by atoms with Crippen LogP contribution >= 0.6 is 11.6 Å². The van der Waals surface area contributed by atoms with E-state index in [9.17, 15) is 0 Å². The molecule has 0 radical (unpaired) electrons. The average molecular weight is 293 g/mol. The lowest BCUT2D eigenvalue weighted by Crippen LogP contribution is -1.98. The van der Waals surface area contributed by atoms with Gasteiger partial charge in [-0.1, -0.05) is 37.1 Å². The van der Waals surface area contributed by atoms with Crippen molar-refractivity contribution in [2.75, 3.05) is 19.6 Å². The maximum Gasteiger partial charge on any atom is 0.127 e. The fourth-order valence-electron chi connectivity index (χ4n) is 2.28. The maximum absolute atomic E-state index is 5.91. The maximum atomic E-state index is 5.91. The molecule has 0 aromatic heterocycles. The van der Waals surface area contributed by atoms with Crippen LogP contribution in [0.2, 0.25) is 0 Å². The van der Waals surface area contributed by atoms with E-state index < -0.39 is 0 Å². The molecule has 20 heavy (non-hydrogen) atoms. The summed E-state index contributed by atoms with van der Waals surface area (Å²) < 4.78 is 11.3. The van der Waals surface area contributed by atoms with Gasteiger partial charge in [0.1, 0.15) is 11.5 Å². The molecule has 0 spiro atoms. The predicted octanol–water partition coefficient (Wildman–Crippen LogP) is 5.03. The molecule has 0 saturated carbocycles. The zero-order valence-corrected chi connectivity index (χ0v) is 12.7. The molecule has 0 aliphatic heterocycles. The molecular weight excluding hydrogens is 272 g/mol. The summed E-state index contributed by atoms with van der Waals surface area (Å²) >= 11 is 5.66. The van der Waals surface area contributed by atoms with Crippen LogP contribution in [-0.2, 0) is 0 Å². The molecule has 108 valence electrons. The van der Waals surface area contributed by atoms with Crippen molar-refractivity contribution in [3.8, 4) is 11.5 Å². The van der Waals surface area contributed by atoms with Crippen molar-refractivity contribution in [3.63, 3.8) is 0 Å². The van der Waals surface area contributed by atoms with E-state index in [1.54, 1.807) is 7.11 Å². The smallest absolute Gasteiger partial charge is 0.127 e. The van der Waals surface area contributed by atoms with Gasteiger partial charge in [0.2, 0.25) is 0 Å². The van der Waals surface area contributed by atoms with E-state index in [-0.39, 0.29) is 0 Å². The molecule has 2 rings (SSSR count). The molecule has 0 N–H and O–H groups in total. The number of fused-ring (bicyclic) bond motifs is 1. The first kappa shape index (κ1) is 15.0. The zero-order valence-electron chi connectivity index (χ0n) is 11.9. The number of unbranched alkanes of at least 4 members (excludes halogenated alkanes) is 3. The van der Waals surface area contributed by atoms with Crippen LogP contribution < -0.4 is 9.47 Å². The highest BCUT2D eigenvalue weighted by Gasteiger charge is 2.06. The number of halogens is 1. The Morgan fingerprint density at radius 3 is 2.20 bits per heavy atom. The van der Waals surface area contributed by atoms with Crippen molar-refractivity contribution < 1.29 is 9.47 Å². The fourth-order valence-corrected chi connectivity index (χ4v) is 2.47. The van der Waals surface area contributed by atoms with Gasteiger partial charge in [0.05, 0.1) is 13.7 Å². The highest BCUT2D eigenvalue weighted by atomic mass is 35.5. The SMILES string of the molecule is COc1ccc(OCCCCCCCl)c2ccccc12. The Hall–Kier alpha value is -1.41. The molecule has 0 heterocycles. The van der Waals surface area contributed by atoms with Crippen molar-refractivity contribution in [2.24, 2.45) is 0 Å². The summed E-state index contributed by atoms with van der Waals surface area (Å²) in [6.07, 6.45) is 4.50. The van der Waals surface area contributed by atoms with Crippen LogP contribution in [0.4, 0.5) is 0 Å². The number of alkyl halides is 1. The van der Waals surface area contributed by atoms with Crippen molar-refractivity contribution >= 4 is 22.4 Å². The largest absolute Gasteiger partial charge is 0.496 e. The lowest BCUT2D eigenvalue weighted by atomic mass is 10.1. The minimum absolute atomic E-state index is 0.749. The van der Waals surface area contributed by atoms with Gasteiger partial charge >= 0.3 is 0 Å². The minimum Gasteiger partial charge on any atom is -0.496 e. The van der Waals surface area contributed by atoms with Crippen LogP contribution in [0, 0.1) is 0 Å². The molecule has 0 aliphatic carbocycles. The Morgan fingerprint density at radius 2 is 1.50 bits per heavy atom. The quantitative estimate of drug-likeness (QED) is 0.502. The third-order valence-corrected chi connectivity index (χ3v) is 3.62. The fraction of sp³-hybridized carbons (Fsp3) is 0.412. The Kier molecular flexibility index (Phi) is 6.00. The Bertz CT molecular complexity index is 540. The molecule has 0 aliphatic rings. The van der Waals surface area contributed by atoms with Crippen LogP contribution in [0.15, 0.2) is 36.4 Å². The molecule has 0 bridgehead atoms. The van der Waals surface area contributed by atoms with Crippen molar-refractivity contribution in [3.05, 3.63) is 36.4 Å². The van der Waals surface area contributed by atoms with Gasteiger partial charge in [-0.3, -0.25) is 0 Å². The van der Waals surface area contributed by atoms with Crippen LogP contribution in [0.25, 0.3) is 10.8 Å². The van der Waals surface area contributed by atoms with Gasteiger partial charge in [0.15, 0.2) is 0 Å². The predicted molar refractivity (Wildman–Crippen MR) is 85.2 cm³/mol. The van der Waals surface area contributed by atoms with Crippen LogP contribution in [0.5, 0.6) is 11.5 Å². The zero-order chi connectivity index (χ0) is 14.2. The molecule has 0 atom stereocenters. The van der Waals surface area contributed by atoms with E-state index in [1.807, 2.05) is 24.3 Å². The highest BCUT2D eigenvalue weighted by Crippen LogP contribution is 2.32. The molecule has 0 unspecified atom stereocenters. The van der Waals surface area contributed by atoms with Crippen molar-refractivity contribution in [1.82, 2.24) is 0 Å². The summed E-state index contributed by atoms with van der Waals surface area (Å²) in [6, 6.07) is 12.1. The summed E-state index contributed by atoms with van der Waals surface area (Å²) in [6.45, 7) is 0.749. The summed E-state index contributed by atoms with van der Waals surface area (Å²) in [5.74, 6) is 2.57. The molecule has 0 saturated heterocycles. The Morgan fingerprint density at radius 1 is 0.850 bits per heavy atom. The normalized spacial score (nSPS) is 10.7. The molecule has 3 heteroatoms. The van der Waals surface area contributed by atoms with Gasteiger partial charge in [-0.15, -0.1) is 11.6 Å². The third kappa shape index (κ3) is 3.80.